The molecular formula is C10H18OS. The van der Waals surface area contributed by atoms with E-state index in [1.54, 1.807) is 0 Å². The molecule has 0 radical (unpaired) electrons. The van der Waals surface area contributed by atoms with E-state index in [9.17, 15) is 5.11 Å². The van der Waals surface area contributed by atoms with Gasteiger partial charge < -0.3 is 5.11 Å². The molecule has 0 aromatic rings. The van der Waals surface area contributed by atoms with Gasteiger partial charge >= 0.3 is 0 Å². The van der Waals surface area contributed by atoms with Crippen molar-refractivity contribution in [1.29, 1.82) is 0 Å². The van der Waals surface area contributed by atoms with Crippen LogP contribution in [0.1, 0.15) is 32.6 Å². The Morgan fingerprint density at radius 2 is 2.50 bits per heavy atom. The van der Waals surface area contributed by atoms with Gasteiger partial charge in [0.05, 0.1) is 6.10 Å². The number of allylic oxidation sites excluding steroid dienone is 1. The molecule has 0 heterocycles. The van der Waals surface area contributed by atoms with E-state index in [-0.39, 0.29) is 6.10 Å². The molecule has 12 heavy (non-hydrogen) atoms. The summed E-state index contributed by atoms with van der Waals surface area (Å²) in [6.07, 6.45) is 6.42. The van der Waals surface area contributed by atoms with Gasteiger partial charge in [-0.2, -0.15) is 11.8 Å². The third kappa shape index (κ3) is 3.63. The predicted octanol–water partition coefficient (Wildman–Crippen LogP) is 2.60. The molecular weight excluding hydrogens is 168 g/mol. The smallest absolute Gasteiger partial charge is 0.0723 e. The van der Waals surface area contributed by atoms with Crippen LogP contribution in [0.3, 0.4) is 0 Å². The summed E-state index contributed by atoms with van der Waals surface area (Å²) in [6, 6.07) is 0. The second-order valence-electron chi connectivity index (χ2n) is 3.23. The van der Waals surface area contributed by atoms with Gasteiger partial charge in [-0.05, 0) is 37.2 Å². The number of aliphatic hydroxyl groups is 1. The first kappa shape index (κ1) is 10.1. The molecule has 1 rings (SSSR count). The standard InChI is InChI=1S/C10H18OS/c1-2-12-7-6-9-4-3-5-10(11)8-9/h8,10-11H,2-7H2,1H3. The van der Waals surface area contributed by atoms with Crippen molar-refractivity contribution in [2.45, 2.75) is 38.7 Å². The summed E-state index contributed by atoms with van der Waals surface area (Å²) in [4.78, 5) is 0. The Bertz CT molecular complexity index is 154. The predicted molar refractivity (Wildman–Crippen MR) is 55.6 cm³/mol. The molecule has 1 atom stereocenters. The number of aliphatic hydroxyl groups excluding tert-OH is 1. The van der Waals surface area contributed by atoms with E-state index in [0.717, 1.165) is 6.42 Å². The molecule has 1 aliphatic rings. The molecule has 0 aromatic heterocycles. The highest BCUT2D eigenvalue weighted by Crippen LogP contribution is 2.21. The number of rotatable bonds is 4. The highest BCUT2D eigenvalue weighted by atomic mass is 32.2. The minimum Gasteiger partial charge on any atom is -0.389 e. The van der Waals surface area contributed by atoms with Crippen LogP contribution < -0.4 is 0 Å². The number of hydrogen-bond acceptors (Lipinski definition) is 2. The molecule has 0 aliphatic heterocycles. The Morgan fingerprint density at radius 1 is 1.67 bits per heavy atom. The lowest BCUT2D eigenvalue weighted by Crippen LogP contribution is -2.09. The van der Waals surface area contributed by atoms with Crippen LogP contribution in [0.5, 0.6) is 0 Å². The fourth-order valence-electron chi connectivity index (χ4n) is 1.53. The van der Waals surface area contributed by atoms with Gasteiger partial charge in [-0.25, -0.2) is 0 Å². The highest BCUT2D eigenvalue weighted by molar-refractivity contribution is 7.99. The van der Waals surface area contributed by atoms with Crippen molar-refractivity contribution in [2.24, 2.45) is 0 Å². The topological polar surface area (TPSA) is 20.2 Å². The van der Waals surface area contributed by atoms with Crippen molar-refractivity contribution in [2.75, 3.05) is 11.5 Å². The first-order valence-corrected chi connectivity index (χ1v) is 5.93. The zero-order chi connectivity index (χ0) is 8.81. The quantitative estimate of drug-likeness (QED) is 0.538. The van der Waals surface area contributed by atoms with Gasteiger partial charge in [0.15, 0.2) is 0 Å². The fourth-order valence-corrected chi connectivity index (χ4v) is 2.23. The molecule has 0 bridgehead atoms. The van der Waals surface area contributed by atoms with Crippen LogP contribution in [0, 0.1) is 0 Å². The van der Waals surface area contributed by atoms with E-state index in [1.165, 1.54) is 36.3 Å². The maximum absolute atomic E-state index is 9.35. The van der Waals surface area contributed by atoms with E-state index in [4.69, 9.17) is 0 Å². The summed E-state index contributed by atoms with van der Waals surface area (Å²) >= 11 is 1.98. The first-order chi connectivity index (χ1) is 5.83. The third-order valence-corrected chi connectivity index (χ3v) is 3.10. The molecule has 0 saturated heterocycles. The first-order valence-electron chi connectivity index (χ1n) is 4.78. The second kappa shape index (κ2) is 5.65. The summed E-state index contributed by atoms with van der Waals surface area (Å²) in [7, 11) is 0. The summed E-state index contributed by atoms with van der Waals surface area (Å²) in [5.74, 6) is 2.42. The van der Waals surface area contributed by atoms with Gasteiger partial charge in [0.25, 0.3) is 0 Å². The Kier molecular flexibility index (Phi) is 4.77. The maximum Gasteiger partial charge on any atom is 0.0723 e. The van der Waals surface area contributed by atoms with Crippen LogP contribution >= 0.6 is 11.8 Å². The zero-order valence-corrected chi connectivity index (χ0v) is 8.57. The molecule has 1 N–H and O–H groups in total. The largest absolute Gasteiger partial charge is 0.389 e. The summed E-state index contributed by atoms with van der Waals surface area (Å²) in [6.45, 7) is 2.19. The van der Waals surface area contributed by atoms with Gasteiger partial charge in [-0.3, -0.25) is 0 Å². The number of hydrogen-bond donors (Lipinski definition) is 1. The minimum absolute atomic E-state index is 0.152. The molecule has 1 unspecified atom stereocenters. The summed E-state index contributed by atoms with van der Waals surface area (Å²) in [5, 5.41) is 9.35. The van der Waals surface area contributed by atoms with E-state index in [1.807, 2.05) is 11.8 Å². The lowest BCUT2D eigenvalue weighted by atomic mass is 9.96. The van der Waals surface area contributed by atoms with Crippen molar-refractivity contribution in [1.82, 2.24) is 0 Å². The Labute approximate surface area is 79.2 Å². The van der Waals surface area contributed by atoms with Gasteiger partial charge in [0.2, 0.25) is 0 Å². The van der Waals surface area contributed by atoms with Gasteiger partial charge in [0.1, 0.15) is 0 Å². The molecule has 2 heteroatoms. The molecule has 1 nitrogen and oxygen atoms in total. The summed E-state index contributed by atoms with van der Waals surface area (Å²) < 4.78 is 0. The molecule has 1 aliphatic carbocycles. The van der Waals surface area contributed by atoms with E-state index in [0.29, 0.717) is 0 Å². The fraction of sp³-hybridized carbons (Fsp3) is 0.800. The van der Waals surface area contributed by atoms with Crippen LogP contribution in [0.4, 0.5) is 0 Å². The van der Waals surface area contributed by atoms with E-state index >= 15 is 0 Å². The summed E-state index contributed by atoms with van der Waals surface area (Å²) in [5.41, 5.74) is 1.47. The van der Waals surface area contributed by atoms with Gasteiger partial charge in [-0.15, -0.1) is 0 Å². The van der Waals surface area contributed by atoms with Gasteiger partial charge in [-0.1, -0.05) is 18.6 Å². The van der Waals surface area contributed by atoms with Crippen molar-refractivity contribution in [3.63, 3.8) is 0 Å². The second-order valence-corrected chi connectivity index (χ2v) is 4.63. The van der Waals surface area contributed by atoms with Crippen LogP contribution in [0.2, 0.25) is 0 Å². The molecule has 0 spiro atoms. The monoisotopic (exact) mass is 186 g/mol. The normalized spacial score (nSPS) is 23.8. The van der Waals surface area contributed by atoms with Crippen LogP contribution in [0.25, 0.3) is 0 Å². The van der Waals surface area contributed by atoms with Crippen molar-refractivity contribution < 1.29 is 5.11 Å². The molecule has 0 fully saturated rings. The SMILES string of the molecule is CCSCCC1=CC(O)CCC1. The van der Waals surface area contributed by atoms with E-state index in [2.05, 4.69) is 13.0 Å². The van der Waals surface area contributed by atoms with Crippen LogP contribution in [-0.4, -0.2) is 22.7 Å². The molecule has 0 saturated carbocycles. The van der Waals surface area contributed by atoms with Crippen LogP contribution in [-0.2, 0) is 0 Å². The average molecular weight is 186 g/mol. The van der Waals surface area contributed by atoms with Crippen molar-refractivity contribution in [3.8, 4) is 0 Å². The van der Waals surface area contributed by atoms with Gasteiger partial charge in [0, 0.05) is 0 Å². The average Bonchev–Trinajstić information content (AvgIpc) is 2.05. The van der Waals surface area contributed by atoms with E-state index < -0.39 is 0 Å². The third-order valence-electron chi connectivity index (χ3n) is 2.20. The minimum atomic E-state index is -0.152. The molecule has 0 amide bonds. The molecule has 0 aromatic carbocycles. The zero-order valence-electron chi connectivity index (χ0n) is 7.75. The Morgan fingerprint density at radius 3 is 3.17 bits per heavy atom. The number of thioether (sulfide) groups is 1. The molecule has 70 valence electrons. The highest BCUT2D eigenvalue weighted by Gasteiger charge is 2.09. The maximum atomic E-state index is 9.35. The lowest BCUT2D eigenvalue weighted by Gasteiger charge is -2.16. The van der Waals surface area contributed by atoms with Crippen LogP contribution in [0.15, 0.2) is 11.6 Å². The Hall–Kier alpha value is 0.0500. The Balaban J connectivity index is 2.21. The van der Waals surface area contributed by atoms with Crippen molar-refractivity contribution >= 4 is 11.8 Å². The van der Waals surface area contributed by atoms with Crippen molar-refractivity contribution in [3.05, 3.63) is 11.6 Å². The lowest BCUT2D eigenvalue weighted by molar-refractivity contribution is 0.201.